The highest BCUT2D eigenvalue weighted by Crippen LogP contribution is 2.25. The van der Waals surface area contributed by atoms with E-state index in [1.807, 2.05) is 49.2 Å². The lowest BCUT2D eigenvalue weighted by molar-refractivity contribution is 0.632. The number of hydrogen-bond donors (Lipinski definition) is 1. The van der Waals surface area contributed by atoms with Crippen LogP contribution in [0, 0.1) is 12.7 Å². The Morgan fingerprint density at radius 3 is 2.39 bits per heavy atom. The van der Waals surface area contributed by atoms with Gasteiger partial charge in [-0.1, -0.05) is 30.3 Å². The van der Waals surface area contributed by atoms with Gasteiger partial charge in [-0.15, -0.1) is 0 Å². The smallest absolute Gasteiger partial charge is 0.146 e. The molecule has 0 unspecified atom stereocenters. The highest BCUT2D eigenvalue weighted by Gasteiger charge is 2.09. The zero-order valence-electron chi connectivity index (χ0n) is 13.0. The van der Waals surface area contributed by atoms with Gasteiger partial charge in [0.2, 0.25) is 0 Å². The Morgan fingerprint density at radius 2 is 1.65 bits per heavy atom. The van der Waals surface area contributed by atoms with Crippen LogP contribution in [-0.4, -0.2) is 17.0 Å². The first-order valence-corrected chi connectivity index (χ1v) is 7.29. The molecule has 0 atom stereocenters. The molecule has 0 saturated carbocycles. The van der Waals surface area contributed by atoms with Gasteiger partial charge in [-0.25, -0.2) is 14.4 Å². The van der Waals surface area contributed by atoms with E-state index in [0.717, 1.165) is 11.5 Å². The number of rotatable bonds is 4. The summed E-state index contributed by atoms with van der Waals surface area (Å²) in [6.07, 6.45) is 0. The second kappa shape index (κ2) is 6.44. The molecule has 2 aromatic carbocycles. The minimum absolute atomic E-state index is 0.318. The summed E-state index contributed by atoms with van der Waals surface area (Å²) >= 11 is 0. The minimum Gasteiger partial charge on any atom is -0.338 e. The number of para-hydroxylation sites is 2. The van der Waals surface area contributed by atoms with E-state index in [9.17, 15) is 4.39 Å². The summed E-state index contributed by atoms with van der Waals surface area (Å²) in [7, 11) is 1.93. The fourth-order valence-electron chi connectivity index (χ4n) is 2.27. The lowest BCUT2D eigenvalue weighted by Gasteiger charge is -2.19. The number of nitrogens with one attached hydrogen (secondary N) is 1. The monoisotopic (exact) mass is 308 g/mol. The molecule has 1 aromatic heterocycles. The Balaban J connectivity index is 1.92. The van der Waals surface area contributed by atoms with Crippen LogP contribution in [0.4, 0.5) is 27.4 Å². The maximum atomic E-state index is 13.8. The van der Waals surface area contributed by atoms with E-state index in [-0.39, 0.29) is 5.82 Å². The largest absolute Gasteiger partial charge is 0.338 e. The number of aromatic nitrogens is 2. The highest BCUT2D eigenvalue weighted by molar-refractivity contribution is 5.64. The summed E-state index contributed by atoms with van der Waals surface area (Å²) in [5.74, 6) is 1.59. The third kappa shape index (κ3) is 3.45. The van der Waals surface area contributed by atoms with Gasteiger partial charge in [-0.2, -0.15) is 0 Å². The Morgan fingerprint density at radius 1 is 0.957 bits per heavy atom. The van der Waals surface area contributed by atoms with Crippen molar-refractivity contribution in [3.63, 3.8) is 0 Å². The predicted molar refractivity (Wildman–Crippen MR) is 91.0 cm³/mol. The number of hydrogen-bond acceptors (Lipinski definition) is 4. The average Bonchev–Trinajstić information content (AvgIpc) is 2.56. The SMILES string of the molecule is Cc1nc(Nc2ccccc2F)cc(N(C)c2ccccc2)n1. The van der Waals surface area contributed by atoms with E-state index in [2.05, 4.69) is 15.3 Å². The molecule has 0 spiro atoms. The van der Waals surface area contributed by atoms with Gasteiger partial charge in [0.25, 0.3) is 0 Å². The van der Waals surface area contributed by atoms with E-state index in [4.69, 9.17) is 0 Å². The van der Waals surface area contributed by atoms with Crippen molar-refractivity contribution in [3.05, 3.63) is 72.3 Å². The molecule has 0 aliphatic carbocycles. The molecule has 0 aliphatic heterocycles. The summed E-state index contributed by atoms with van der Waals surface area (Å²) < 4.78 is 13.8. The Bertz CT molecular complexity index is 805. The van der Waals surface area contributed by atoms with Crippen molar-refractivity contribution in [3.8, 4) is 0 Å². The van der Waals surface area contributed by atoms with E-state index in [0.29, 0.717) is 17.3 Å². The van der Waals surface area contributed by atoms with Crippen LogP contribution >= 0.6 is 0 Å². The number of benzene rings is 2. The fourth-order valence-corrected chi connectivity index (χ4v) is 2.27. The van der Waals surface area contributed by atoms with Crippen molar-refractivity contribution < 1.29 is 4.39 Å². The summed E-state index contributed by atoms with van der Waals surface area (Å²) in [6, 6.07) is 18.2. The second-order valence-corrected chi connectivity index (χ2v) is 5.16. The minimum atomic E-state index is -0.318. The van der Waals surface area contributed by atoms with Crippen LogP contribution in [0.2, 0.25) is 0 Å². The molecule has 23 heavy (non-hydrogen) atoms. The average molecular weight is 308 g/mol. The van der Waals surface area contributed by atoms with E-state index in [1.165, 1.54) is 6.07 Å². The van der Waals surface area contributed by atoms with Gasteiger partial charge in [0.1, 0.15) is 23.3 Å². The van der Waals surface area contributed by atoms with Gasteiger partial charge in [-0.05, 0) is 31.2 Å². The summed E-state index contributed by atoms with van der Waals surface area (Å²) in [4.78, 5) is 10.7. The van der Waals surface area contributed by atoms with Crippen molar-refractivity contribution in [1.82, 2.24) is 9.97 Å². The first kappa shape index (κ1) is 15.0. The quantitative estimate of drug-likeness (QED) is 0.774. The van der Waals surface area contributed by atoms with Gasteiger partial charge in [0.15, 0.2) is 0 Å². The first-order chi connectivity index (χ1) is 11.1. The molecule has 0 fully saturated rings. The van der Waals surface area contributed by atoms with Gasteiger partial charge in [0.05, 0.1) is 5.69 Å². The zero-order chi connectivity index (χ0) is 16.2. The van der Waals surface area contributed by atoms with Crippen LogP contribution in [0.15, 0.2) is 60.7 Å². The maximum absolute atomic E-state index is 13.8. The highest BCUT2D eigenvalue weighted by atomic mass is 19.1. The van der Waals surface area contributed by atoms with Crippen LogP contribution in [0.25, 0.3) is 0 Å². The molecule has 4 nitrogen and oxygen atoms in total. The third-order valence-corrected chi connectivity index (χ3v) is 3.45. The van der Waals surface area contributed by atoms with Crippen molar-refractivity contribution in [1.29, 1.82) is 0 Å². The summed E-state index contributed by atoms with van der Waals surface area (Å²) in [5, 5.41) is 3.01. The van der Waals surface area contributed by atoms with E-state index in [1.54, 1.807) is 24.3 Å². The van der Waals surface area contributed by atoms with Crippen LogP contribution < -0.4 is 10.2 Å². The van der Waals surface area contributed by atoms with E-state index >= 15 is 0 Å². The van der Waals surface area contributed by atoms with Crippen LogP contribution in [-0.2, 0) is 0 Å². The normalized spacial score (nSPS) is 10.4. The van der Waals surface area contributed by atoms with Gasteiger partial charge in [0, 0.05) is 18.8 Å². The first-order valence-electron chi connectivity index (χ1n) is 7.29. The summed E-state index contributed by atoms with van der Waals surface area (Å²) in [6.45, 7) is 1.81. The Hall–Kier alpha value is -2.95. The molecule has 3 aromatic rings. The lowest BCUT2D eigenvalue weighted by atomic mass is 10.3. The molecule has 0 amide bonds. The van der Waals surface area contributed by atoms with Gasteiger partial charge < -0.3 is 10.2 Å². The van der Waals surface area contributed by atoms with Crippen molar-refractivity contribution >= 4 is 23.0 Å². The molecular weight excluding hydrogens is 291 g/mol. The lowest BCUT2D eigenvalue weighted by Crippen LogP contribution is -2.13. The Kier molecular flexibility index (Phi) is 4.19. The molecule has 1 heterocycles. The van der Waals surface area contributed by atoms with Crippen molar-refractivity contribution in [2.45, 2.75) is 6.92 Å². The molecular formula is C18H17FN4. The Labute approximate surface area is 134 Å². The summed E-state index contributed by atoms with van der Waals surface area (Å²) in [5.41, 5.74) is 1.40. The molecule has 1 N–H and O–H groups in total. The number of anilines is 4. The molecule has 3 rings (SSSR count). The predicted octanol–water partition coefficient (Wildman–Crippen LogP) is 4.44. The molecule has 116 valence electrons. The van der Waals surface area contributed by atoms with Crippen LogP contribution in [0.3, 0.4) is 0 Å². The number of aryl methyl sites for hydroxylation is 1. The standard InChI is InChI=1S/C18H17FN4/c1-13-20-17(22-16-11-7-6-10-15(16)19)12-18(21-13)23(2)14-8-4-3-5-9-14/h3-12H,1-2H3,(H,20,21,22). The molecule has 0 saturated heterocycles. The van der Waals surface area contributed by atoms with Gasteiger partial charge in [-0.3, -0.25) is 0 Å². The van der Waals surface area contributed by atoms with Gasteiger partial charge >= 0.3 is 0 Å². The topological polar surface area (TPSA) is 41.1 Å². The maximum Gasteiger partial charge on any atom is 0.146 e. The zero-order valence-corrected chi connectivity index (χ0v) is 13.0. The molecule has 0 radical (unpaired) electrons. The molecule has 0 bridgehead atoms. The van der Waals surface area contributed by atoms with Crippen molar-refractivity contribution in [2.75, 3.05) is 17.3 Å². The van der Waals surface area contributed by atoms with Crippen LogP contribution in [0.5, 0.6) is 0 Å². The van der Waals surface area contributed by atoms with E-state index < -0.39 is 0 Å². The third-order valence-electron chi connectivity index (χ3n) is 3.45. The molecule has 0 aliphatic rings. The number of halogens is 1. The number of nitrogens with zero attached hydrogens (tertiary/aromatic N) is 3. The van der Waals surface area contributed by atoms with Crippen molar-refractivity contribution in [2.24, 2.45) is 0 Å². The molecule has 5 heteroatoms. The fraction of sp³-hybridized carbons (Fsp3) is 0.111. The van der Waals surface area contributed by atoms with Crippen LogP contribution in [0.1, 0.15) is 5.82 Å². The second-order valence-electron chi connectivity index (χ2n) is 5.16.